The number of fused-ring (bicyclic) bond motifs is 1. The Bertz CT molecular complexity index is 899. The summed E-state index contributed by atoms with van der Waals surface area (Å²) in [6.07, 6.45) is 4.16. The highest BCUT2D eigenvalue weighted by molar-refractivity contribution is 6.20. The van der Waals surface area contributed by atoms with E-state index in [1.54, 1.807) is 0 Å². The van der Waals surface area contributed by atoms with E-state index in [0.29, 0.717) is 5.92 Å². The fourth-order valence-corrected chi connectivity index (χ4v) is 4.69. The summed E-state index contributed by atoms with van der Waals surface area (Å²) in [5.41, 5.74) is 11.7. The number of amides is 1. The van der Waals surface area contributed by atoms with Crippen molar-refractivity contribution in [2.75, 3.05) is 25.0 Å². The van der Waals surface area contributed by atoms with Gasteiger partial charge in [-0.1, -0.05) is 6.07 Å². The number of halogens is 2. The summed E-state index contributed by atoms with van der Waals surface area (Å²) in [6, 6.07) is 3.06. The Morgan fingerprint density at radius 3 is 2.86 bits per heavy atom. The highest BCUT2D eigenvalue weighted by Gasteiger charge is 2.40. The van der Waals surface area contributed by atoms with Crippen molar-refractivity contribution in [3.63, 3.8) is 0 Å². The zero-order valence-corrected chi connectivity index (χ0v) is 21.6. The molecule has 1 aromatic heterocycles. The lowest BCUT2D eigenvalue weighted by atomic mass is 9.79. The number of ether oxygens (including phenoxy) is 1. The molecule has 11 heteroatoms. The maximum atomic E-state index is 14.5. The highest BCUT2D eigenvalue weighted by atomic mass is 35.5. The summed E-state index contributed by atoms with van der Waals surface area (Å²) in [7, 11) is 0. The van der Waals surface area contributed by atoms with Crippen LogP contribution in [-0.2, 0) is 27.2 Å². The molecule has 2 heterocycles. The van der Waals surface area contributed by atoms with Crippen LogP contribution < -0.4 is 22.1 Å². The molecule has 0 spiro atoms. The molecule has 2 unspecified atom stereocenters. The zero-order chi connectivity index (χ0) is 26.3. The van der Waals surface area contributed by atoms with Crippen LogP contribution in [0.4, 0.5) is 10.2 Å². The Kier molecular flexibility index (Phi) is 10.3. The summed E-state index contributed by atoms with van der Waals surface area (Å²) in [4.78, 5) is 28.9. The molecule has 36 heavy (non-hydrogen) atoms. The summed E-state index contributed by atoms with van der Waals surface area (Å²) < 4.78 is 20.3. The molecule has 1 aromatic rings. The van der Waals surface area contributed by atoms with Crippen LogP contribution in [0.2, 0.25) is 0 Å². The Labute approximate surface area is 216 Å². The van der Waals surface area contributed by atoms with Gasteiger partial charge in [-0.05, 0) is 69.4 Å². The lowest BCUT2D eigenvalue weighted by molar-refractivity contribution is -0.144. The van der Waals surface area contributed by atoms with Crippen molar-refractivity contribution in [3.05, 3.63) is 23.4 Å². The second kappa shape index (κ2) is 13.0. The van der Waals surface area contributed by atoms with Gasteiger partial charge in [0.2, 0.25) is 5.91 Å². The molecular formula is C25H39ClFN5O4. The number of carbonyl (C=O) groups excluding carboxylic acids is 1. The third kappa shape index (κ3) is 7.74. The van der Waals surface area contributed by atoms with Crippen molar-refractivity contribution < 1.29 is 23.8 Å². The predicted molar refractivity (Wildman–Crippen MR) is 137 cm³/mol. The first-order valence-corrected chi connectivity index (χ1v) is 13.2. The van der Waals surface area contributed by atoms with Gasteiger partial charge >= 0.3 is 5.97 Å². The molecule has 3 rings (SSSR count). The van der Waals surface area contributed by atoms with Gasteiger partial charge in [-0.3, -0.25) is 4.79 Å². The number of rotatable bonds is 14. The largest absolute Gasteiger partial charge is 0.480 e. The van der Waals surface area contributed by atoms with E-state index in [2.05, 4.69) is 22.8 Å². The maximum absolute atomic E-state index is 14.5. The van der Waals surface area contributed by atoms with Crippen LogP contribution in [-0.4, -0.2) is 70.9 Å². The molecule has 7 N–H and O–H groups in total. The highest BCUT2D eigenvalue weighted by Crippen LogP contribution is 2.34. The van der Waals surface area contributed by atoms with Gasteiger partial charge in [-0.2, -0.15) is 0 Å². The molecule has 0 radical (unpaired) electrons. The van der Waals surface area contributed by atoms with Crippen molar-refractivity contribution in [1.82, 2.24) is 10.3 Å². The van der Waals surface area contributed by atoms with Crippen LogP contribution in [0.15, 0.2) is 12.1 Å². The molecule has 0 saturated heterocycles. The molecule has 4 atom stereocenters. The van der Waals surface area contributed by atoms with Gasteiger partial charge in [0.1, 0.15) is 23.6 Å². The number of pyridine rings is 1. The van der Waals surface area contributed by atoms with Crippen molar-refractivity contribution in [2.45, 2.75) is 87.5 Å². The number of anilines is 1. The van der Waals surface area contributed by atoms with E-state index in [9.17, 15) is 19.1 Å². The zero-order valence-electron chi connectivity index (χ0n) is 20.8. The van der Waals surface area contributed by atoms with E-state index >= 15 is 0 Å². The number of carbonyl (C=O) groups is 2. The Hall–Kier alpha value is -2.01. The third-order valence-electron chi connectivity index (χ3n) is 7.17. The molecule has 1 aliphatic carbocycles. The van der Waals surface area contributed by atoms with Gasteiger partial charge in [0.05, 0.1) is 6.10 Å². The quantitative estimate of drug-likeness (QED) is 0.231. The molecule has 1 aliphatic heterocycles. The number of nitrogens with one attached hydrogen (secondary N) is 2. The second-order valence-electron chi connectivity index (χ2n) is 10.2. The second-order valence-corrected chi connectivity index (χ2v) is 10.8. The van der Waals surface area contributed by atoms with Crippen molar-refractivity contribution in [3.8, 4) is 0 Å². The summed E-state index contributed by atoms with van der Waals surface area (Å²) in [6.45, 7) is 2.40. The molecule has 1 fully saturated rings. The Balaban J connectivity index is 1.35. The van der Waals surface area contributed by atoms with Gasteiger partial charge in [-0.25, -0.2) is 14.2 Å². The number of nitrogens with zero attached hydrogens (tertiary/aromatic N) is 1. The van der Waals surface area contributed by atoms with Crippen molar-refractivity contribution in [1.29, 1.82) is 0 Å². The third-order valence-corrected chi connectivity index (χ3v) is 7.53. The van der Waals surface area contributed by atoms with Crippen LogP contribution in [0.25, 0.3) is 0 Å². The lowest BCUT2D eigenvalue weighted by Gasteiger charge is -2.35. The average molecular weight is 528 g/mol. The minimum atomic E-state index is -1.93. The van der Waals surface area contributed by atoms with Crippen LogP contribution >= 0.6 is 11.6 Å². The van der Waals surface area contributed by atoms with E-state index in [1.807, 2.05) is 0 Å². The number of aromatic nitrogens is 1. The van der Waals surface area contributed by atoms with E-state index in [-0.39, 0.29) is 32.1 Å². The first-order chi connectivity index (χ1) is 17.1. The topological polar surface area (TPSA) is 153 Å². The van der Waals surface area contributed by atoms with Crippen LogP contribution in [0.3, 0.4) is 0 Å². The number of aliphatic carboxylic acids is 1. The summed E-state index contributed by atoms with van der Waals surface area (Å²) in [5.74, 6) is -0.550. The number of hydrogen-bond acceptors (Lipinski definition) is 7. The number of carboxylic acids is 1. The normalized spacial score (nSPS) is 23.2. The Morgan fingerprint density at radius 2 is 2.17 bits per heavy atom. The molecule has 1 amide bonds. The van der Waals surface area contributed by atoms with Gasteiger partial charge in [0, 0.05) is 37.2 Å². The lowest BCUT2D eigenvalue weighted by Crippen LogP contribution is -2.61. The van der Waals surface area contributed by atoms with Crippen LogP contribution in [0.1, 0.15) is 56.7 Å². The molecule has 0 bridgehead atoms. The number of hydrogen-bond donors (Lipinski definition) is 5. The van der Waals surface area contributed by atoms with E-state index in [1.165, 1.54) is 12.5 Å². The number of nitrogens with two attached hydrogens (primary N) is 2. The smallest absolute Gasteiger partial charge is 0.326 e. The van der Waals surface area contributed by atoms with Crippen molar-refractivity contribution in [2.24, 2.45) is 17.4 Å². The average Bonchev–Trinajstić information content (AvgIpc) is 2.83. The van der Waals surface area contributed by atoms with E-state index < -0.39 is 35.0 Å². The SMILES string of the molecule is C[C@@](N)(C(=O)N[C@@H](CCOC1CC(CCc2ccc3c(n2)NCCC3)C1)C(=O)O)C(F)CC(Cl)CN. The molecule has 2 aliphatic rings. The molecule has 9 nitrogen and oxygen atoms in total. The fraction of sp³-hybridized carbons (Fsp3) is 0.720. The predicted octanol–water partition coefficient (Wildman–Crippen LogP) is 2.14. The van der Waals surface area contributed by atoms with Crippen LogP contribution in [0, 0.1) is 5.92 Å². The van der Waals surface area contributed by atoms with Crippen molar-refractivity contribution >= 4 is 29.3 Å². The number of carboxylic acid groups (broad SMARTS) is 1. The van der Waals surface area contributed by atoms with Gasteiger partial charge in [0.25, 0.3) is 0 Å². The van der Waals surface area contributed by atoms with E-state index in [0.717, 1.165) is 56.6 Å². The minimum Gasteiger partial charge on any atom is -0.480 e. The molecule has 1 saturated carbocycles. The molecule has 202 valence electrons. The minimum absolute atomic E-state index is 0.0409. The first kappa shape index (κ1) is 28.6. The van der Waals surface area contributed by atoms with Crippen LogP contribution in [0.5, 0.6) is 0 Å². The van der Waals surface area contributed by atoms with Gasteiger partial charge in [-0.15, -0.1) is 11.6 Å². The fourth-order valence-electron chi connectivity index (χ4n) is 4.54. The summed E-state index contributed by atoms with van der Waals surface area (Å²) >= 11 is 5.86. The summed E-state index contributed by atoms with van der Waals surface area (Å²) in [5, 5.41) is 14.5. The first-order valence-electron chi connectivity index (χ1n) is 12.7. The Morgan fingerprint density at radius 1 is 1.42 bits per heavy atom. The van der Waals surface area contributed by atoms with Gasteiger partial charge < -0.3 is 31.9 Å². The monoisotopic (exact) mass is 527 g/mol. The van der Waals surface area contributed by atoms with E-state index in [4.69, 9.17) is 32.8 Å². The van der Waals surface area contributed by atoms with Gasteiger partial charge in [0.15, 0.2) is 0 Å². The standard InChI is InChI=1S/C25H39ClFN5O4/c1-25(29,21(27)13-17(26)14-28)24(35)32-20(23(33)34)8-10-36-19-11-15(12-19)4-6-18-7-5-16-3-2-9-30-22(16)31-18/h5,7,15,17,19-21H,2-4,6,8-14,28-29H2,1H3,(H,30,31)(H,32,35)(H,33,34)/t15?,17?,19?,20-,21?,25-/m0/s1. The maximum Gasteiger partial charge on any atom is 0.326 e. The number of alkyl halides is 2. The molecular weight excluding hydrogens is 489 g/mol. The molecule has 0 aromatic carbocycles. The number of aryl methyl sites for hydroxylation is 2.